The van der Waals surface area contributed by atoms with E-state index in [-0.39, 0.29) is 42.3 Å². The van der Waals surface area contributed by atoms with Crippen LogP contribution in [0.3, 0.4) is 0 Å². The molecule has 2 N–H and O–H groups in total. The van der Waals surface area contributed by atoms with E-state index in [4.69, 9.17) is 10.2 Å². The van der Waals surface area contributed by atoms with E-state index in [9.17, 15) is 0 Å². The molecule has 0 aliphatic heterocycles. The molecule has 0 aromatic heterocycles. The summed E-state index contributed by atoms with van der Waals surface area (Å²) in [6.07, 6.45) is -0.333. The Bertz CT molecular complexity index is 31.2. The van der Waals surface area contributed by atoms with Crippen molar-refractivity contribution in [1.82, 2.24) is 0 Å². The van der Waals surface area contributed by atoms with Gasteiger partial charge in [0, 0.05) is 33.9 Å². The first kappa shape index (κ1) is 22.4. The first-order chi connectivity index (χ1) is 3.46. The minimum Gasteiger partial charge on any atom is -1.00 e. The number of hydrogen-bond donors (Lipinski definition) is 2. The van der Waals surface area contributed by atoms with Crippen molar-refractivity contribution >= 4 is 8.41 Å². The first-order valence-corrected chi connectivity index (χ1v) is 2.83. The fraction of sp³-hybridized carbons (Fsp3) is 1.00. The van der Waals surface area contributed by atoms with Gasteiger partial charge < -0.3 is 18.6 Å². The van der Waals surface area contributed by atoms with Gasteiger partial charge in [-0.15, -0.1) is 0 Å². The van der Waals surface area contributed by atoms with Crippen LogP contribution in [0.25, 0.3) is 0 Å². The number of hydrogen-bond acceptors (Lipinski definition) is 2. The van der Waals surface area contributed by atoms with Crippen LogP contribution in [0.2, 0.25) is 0 Å². The second-order valence-corrected chi connectivity index (χ2v) is 2.19. The Morgan fingerprint density at radius 1 is 0.800 bits per heavy atom. The van der Waals surface area contributed by atoms with Gasteiger partial charge in [-0.3, -0.25) is 0 Å². The Morgan fingerprint density at radius 2 is 0.800 bits per heavy atom. The number of aliphatic hydroxyl groups is 2. The minimum absolute atomic E-state index is 0. The average Bonchev–Trinajstić information content (AvgIpc) is 1.25. The van der Waals surface area contributed by atoms with Gasteiger partial charge >= 0.3 is 0 Å². The van der Waals surface area contributed by atoms with Crippen molar-refractivity contribution in [1.29, 1.82) is 0 Å². The summed E-state index contributed by atoms with van der Waals surface area (Å²) < 4.78 is 0. The van der Waals surface area contributed by atoms with Crippen LogP contribution in [0.4, 0.5) is 0 Å². The Labute approximate surface area is 80.5 Å². The second-order valence-electron chi connectivity index (χ2n) is 2.19. The van der Waals surface area contributed by atoms with Crippen molar-refractivity contribution in [3.8, 4) is 0 Å². The molecule has 0 spiro atoms. The molecule has 4 heteroatoms. The van der Waals surface area contributed by atoms with Crippen molar-refractivity contribution in [2.24, 2.45) is 0 Å². The zero-order chi connectivity index (χ0) is 7.15. The van der Waals surface area contributed by atoms with Gasteiger partial charge in [0.05, 0.1) is 0 Å². The summed E-state index contributed by atoms with van der Waals surface area (Å²) >= 11 is 0. The molecule has 0 heterocycles. The standard InChI is InChI=1S/2C3H8O.B.Ti/c2*1-3(2)4;;/h2*3-4H,1-2H3;;/q;;-1;. The summed E-state index contributed by atoms with van der Waals surface area (Å²) in [7, 11) is 0. The fourth-order valence-corrected chi connectivity index (χ4v) is 0. The van der Waals surface area contributed by atoms with Crippen LogP contribution in [0.15, 0.2) is 0 Å². The number of rotatable bonds is 0. The second kappa shape index (κ2) is 16.4. The molecule has 0 aliphatic carbocycles. The third kappa shape index (κ3) is 1050. The van der Waals surface area contributed by atoms with Gasteiger partial charge in [0.1, 0.15) is 0 Å². The van der Waals surface area contributed by atoms with Crippen LogP contribution in [0.5, 0.6) is 0 Å². The third-order valence-electron chi connectivity index (χ3n) is 0. The summed E-state index contributed by atoms with van der Waals surface area (Å²) in [6, 6.07) is 0. The maximum atomic E-state index is 8.06. The molecule has 0 aliphatic rings. The maximum absolute atomic E-state index is 8.06. The molecule has 0 unspecified atom stereocenters. The quantitative estimate of drug-likeness (QED) is 0.528. The first-order valence-electron chi connectivity index (χ1n) is 2.83. The molecule has 0 bridgehead atoms. The number of aliphatic hydroxyl groups excluding tert-OH is 2. The molecule has 0 saturated carbocycles. The molecule has 0 rings (SSSR count). The molecule has 0 aromatic rings. The Morgan fingerprint density at radius 3 is 0.800 bits per heavy atom. The molecular weight excluding hydrogens is 163 g/mol. The zero-order valence-electron chi connectivity index (χ0n) is 7.13. The van der Waals surface area contributed by atoms with E-state index in [1.807, 2.05) is 0 Å². The van der Waals surface area contributed by atoms with Crippen molar-refractivity contribution in [2.45, 2.75) is 39.9 Å². The summed E-state index contributed by atoms with van der Waals surface area (Å²) in [5.41, 5.74) is 0. The van der Waals surface area contributed by atoms with Crippen LogP contribution < -0.4 is 0 Å². The summed E-state index contributed by atoms with van der Waals surface area (Å²) in [6.45, 7) is 6.89. The van der Waals surface area contributed by atoms with Crippen LogP contribution >= 0.6 is 0 Å². The van der Waals surface area contributed by atoms with E-state index < -0.39 is 0 Å². The molecule has 2 nitrogen and oxygen atoms in total. The van der Waals surface area contributed by atoms with Crippen LogP contribution in [0, 0.1) is 0 Å². The monoisotopic (exact) mass is 179 g/mol. The third-order valence-corrected chi connectivity index (χ3v) is 0. The predicted octanol–water partition coefficient (Wildman–Crippen LogP) is 0.391. The van der Waals surface area contributed by atoms with Gasteiger partial charge in [0.2, 0.25) is 0 Å². The van der Waals surface area contributed by atoms with E-state index in [0.29, 0.717) is 0 Å². The van der Waals surface area contributed by atoms with Crippen molar-refractivity contribution < 1.29 is 31.9 Å². The Balaban J connectivity index is -0.0000000300. The Kier molecular flexibility index (Phi) is 36.7. The van der Waals surface area contributed by atoms with Crippen LogP contribution in [-0.4, -0.2) is 30.8 Å². The maximum Gasteiger partial charge on any atom is 0.0483 e. The van der Waals surface area contributed by atoms with Crippen molar-refractivity contribution in [3.63, 3.8) is 0 Å². The van der Waals surface area contributed by atoms with E-state index in [1.165, 1.54) is 0 Å². The average molecular weight is 179 g/mol. The topological polar surface area (TPSA) is 40.5 Å². The minimum atomic E-state index is -0.167. The smallest absolute Gasteiger partial charge is 0.0483 e. The van der Waals surface area contributed by atoms with Gasteiger partial charge in [0.15, 0.2) is 0 Å². The Hall–Kier alpha value is 0.699. The summed E-state index contributed by atoms with van der Waals surface area (Å²) in [5, 5.41) is 16.1. The molecule has 0 fully saturated rings. The molecular formula is C6H16BO2Ti-. The van der Waals surface area contributed by atoms with Crippen molar-refractivity contribution in [3.05, 3.63) is 0 Å². The van der Waals surface area contributed by atoms with Gasteiger partial charge in [-0.05, 0) is 27.7 Å². The summed E-state index contributed by atoms with van der Waals surface area (Å²) in [4.78, 5) is 0. The van der Waals surface area contributed by atoms with E-state index >= 15 is 0 Å². The largest absolute Gasteiger partial charge is 1.00 e. The SMILES string of the molecule is CC(C)O.CC(C)O.[B-].[Ti]. The molecule has 0 amide bonds. The van der Waals surface area contributed by atoms with Crippen LogP contribution in [-0.2, 0) is 21.7 Å². The molecule has 4 radical (unpaired) electrons. The van der Waals surface area contributed by atoms with E-state index in [0.717, 1.165) is 0 Å². The molecule has 0 saturated heterocycles. The normalized spacial score (nSPS) is 7.20. The van der Waals surface area contributed by atoms with E-state index in [1.54, 1.807) is 27.7 Å². The van der Waals surface area contributed by atoms with Crippen LogP contribution in [0.1, 0.15) is 27.7 Å². The zero-order valence-corrected chi connectivity index (χ0v) is 8.69. The fourth-order valence-electron chi connectivity index (χ4n) is 0. The predicted molar refractivity (Wildman–Crippen MR) is 40.5 cm³/mol. The van der Waals surface area contributed by atoms with Gasteiger partial charge in [0.25, 0.3) is 0 Å². The molecule has 0 atom stereocenters. The molecule has 0 aromatic carbocycles. The molecule has 60 valence electrons. The van der Waals surface area contributed by atoms with Gasteiger partial charge in [-0.1, -0.05) is 0 Å². The summed E-state index contributed by atoms with van der Waals surface area (Å²) in [5.74, 6) is 0. The molecule has 10 heavy (non-hydrogen) atoms. The van der Waals surface area contributed by atoms with Gasteiger partial charge in [-0.25, -0.2) is 0 Å². The van der Waals surface area contributed by atoms with Gasteiger partial charge in [-0.2, -0.15) is 0 Å². The van der Waals surface area contributed by atoms with E-state index in [2.05, 4.69) is 0 Å². The van der Waals surface area contributed by atoms with Crippen molar-refractivity contribution in [2.75, 3.05) is 0 Å².